The Morgan fingerprint density at radius 2 is 1.95 bits per heavy atom. The number of halogens is 3. The van der Waals surface area contributed by atoms with E-state index >= 15 is 0 Å². The van der Waals surface area contributed by atoms with E-state index in [-0.39, 0.29) is 67.2 Å². The maximum absolute atomic E-state index is 14.3. The molecule has 1 aromatic carbocycles. The minimum absolute atomic E-state index is 0.0378. The number of sulfonamides is 1. The summed E-state index contributed by atoms with van der Waals surface area (Å²) in [5.74, 6) is -0.778. The number of hydrogen-bond donors (Lipinski definition) is 4. The van der Waals surface area contributed by atoms with E-state index in [4.69, 9.17) is 9.84 Å². The van der Waals surface area contributed by atoms with E-state index in [0.29, 0.717) is 12.2 Å². The van der Waals surface area contributed by atoms with E-state index < -0.39 is 46.5 Å². The van der Waals surface area contributed by atoms with Crippen LogP contribution in [0.5, 0.6) is 0 Å². The Morgan fingerprint density at radius 1 is 1.23 bits per heavy atom. The summed E-state index contributed by atoms with van der Waals surface area (Å²) in [7, 11) is -3.88. The van der Waals surface area contributed by atoms with Crippen LogP contribution >= 0.6 is 0 Å². The highest BCUT2D eigenvalue weighted by atomic mass is 32.2. The van der Waals surface area contributed by atoms with Gasteiger partial charge in [0, 0.05) is 31.4 Å². The van der Waals surface area contributed by atoms with Crippen molar-refractivity contribution < 1.29 is 36.2 Å². The Balaban J connectivity index is 1.74. The number of aryl methyl sites for hydroxylation is 1. The minimum atomic E-state index is -4.50. The van der Waals surface area contributed by atoms with Crippen molar-refractivity contribution in [3.05, 3.63) is 35.5 Å². The Morgan fingerprint density at radius 3 is 2.62 bits per heavy atom. The Labute approximate surface area is 230 Å². The molecule has 220 valence electrons. The van der Waals surface area contributed by atoms with Crippen molar-refractivity contribution in [2.75, 3.05) is 65.5 Å². The number of nitrogens with one attached hydrogen (secondary N) is 3. The van der Waals surface area contributed by atoms with Crippen LogP contribution in [0.4, 0.5) is 36.3 Å². The molecule has 0 saturated carbocycles. The monoisotopic (exact) mass is 586 g/mol. The predicted octanol–water partition coefficient (Wildman–Crippen LogP) is 3.00. The molecule has 1 saturated heterocycles. The van der Waals surface area contributed by atoms with Crippen molar-refractivity contribution in [2.24, 2.45) is 11.3 Å². The molecule has 2 aromatic rings. The first-order valence-corrected chi connectivity index (χ1v) is 14.5. The Kier molecular flexibility index (Phi) is 8.75. The number of aliphatic hydroxyl groups is 1. The van der Waals surface area contributed by atoms with Crippen molar-refractivity contribution in [1.82, 2.24) is 9.97 Å². The number of carbonyl (C=O) groups excluding carboxylic acids is 1. The predicted molar refractivity (Wildman–Crippen MR) is 144 cm³/mol. The van der Waals surface area contributed by atoms with E-state index in [2.05, 4.69) is 25.3 Å². The molecule has 1 atom stereocenters. The first-order valence-electron chi connectivity index (χ1n) is 12.9. The molecule has 11 nitrogen and oxygen atoms in total. The van der Waals surface area contributed by atoms with Crippen LogP contribution in [0.15, 0.2) is 24.3 Å². The van der Waals surface area contributed by atoms with Crippen molar-refractivity contribution in [3.63, 3.8) is 0 Å². The number of ether oxygens (including phenoxy) is 1. The van der Waals surface area contributed by atoms with Crippen molar-refractivity contribution in [2.45, 2.75) is 32.9 Å². The van der Waals surface area contributed by atoms with E-state index in [9.17, 15) is 26.4 Å². The maximum Gasteiger partial charge on any atom is 0.396 e. The van der Waals surface area contributed by atoms with Crippen LogP contribution in [0.3, 0.4) is 0 Å². The lowest BCUT2D eigenvalue weighted by atomic mass is 9.78. The highest BCUT2D eigenvalue weighted by Gasteiger charge is 2.56. The van der Waals surface area contributed by atoms with Crippen LogP contribution < -0.4 is 20.3 Å². The van der Waals surface area contributed by atoms with Crippen molar-refractivity contribution in [3.8, 4) is 0 Å². The summed E-state index contributed by atoms with van der Waals surface area (Å²) in [6.45, 7) is 2.86. The quantitative estimate of drug-likeness (QED) is 0.425. The minimum Gasteiger partial charge on any atom is -0.395 e. The van der Waals surface area contributed by atoms with Crippen LogP contribution in [0, 0.1) is 18.3 Å². The molecule has 5 rings (SSSR count). The van der Waals surface area contributed by atoms with E-state index in [1.807, 2.05) is 6.92 Å². The third-order valence-electron chi connectivity index (χ3n) is 7.02. The number of carbonyl (C=O) groups is 1. The van der Waals surface area contributed by atoms with E-state index in [1.165, 1.54) is 18.2 Å². The standard InChI is InChI=1S/C25H33F3N6O5S/c1-16-13-29-23-30-17(2)11-21(32-23)31-22(36)19-4-3-18(33-40(37,38)10-9-35)12-20(19)34-7-5-24(6-8-34,15-39-14-16)25(26,27)28/h3-4,11-12,16,33,35H,5-10,13-15H2,1-2H3,(H2,29,30,31,32,36). The first kappa shape index (κ1) is 29.8. The molecular weight excluding hydrogens is 553 g/mol. The highest BCUT2D eigenvalue weighted by molar-refractivity contribution is 7.92. The van der Waals surface area contributed by atoms with Gasteiger partial charge in [-0.1, -0.05) is 6.92 Å². The topological polar surface area (TPSA) is 146 Å². The van der Waals surface area contributed by atoms with Gasteiger partial charge in [-0.15, -0.1) is 0 Å². The number of aliphatic hydroxyl groups excluding tert-OH is 1. The lowest BCUT2D eigenvalue weighted by Gasteiger charge is -2.43. The molecule has 1 fully saturated rings. The van der Waals surface area contributed by atoms with E-state index in [0.717, 1.165) is 0 Å². The maximum atomic E-state index is 14.3. The lowest BCUT2D eigenvalue weighted by Crippen LogP contribution is -2.51. The largest absolute Gasteiger partial charge is 0.396 e. The number of piperidine rings is 1. The van der Waals surface area contributed by atoms with Gasteiger partial charge in [0.2, 0.25) is 16.0 Å². The third kappa shape index (κ3) is 6.93. The molecule has 3 aliphatic rings. The zero-order valence-corrected chi connectivity index (χ0v) is 23.0. The number of alkyl halides is 3. The summed E-state index contributed by atoms with van der Waals surface area (Å²) >= 11 is 0. The molecule has 0 radical (unpaired) electrons. The highest BCUT2D eigenvalue weighted by Crippen LogP contribution is 2.47. The molecule has 4 N–H and O–H groups in total. The molecule has 1 amide bonds. The molecule has 4 heterocycles. The number of hydrogen-bond acceptors (Lipinski definition) is 9. The molecule has 1 unspecified atom stereocenters. The fraction of sp³-hybridized carbons (Fsp3) is 0.560. The molecule has 0 aliphatic carbocycles. The lowest BCUT2D eigenvalue weighted by molar-refractivity contribution is -0.247. The average Bonchev–Trinajstić information content (AvgIpc) is 2.86. The Hall–Kier alpha value is -3.17. The van der Waals surface area contributed by atoms with Gasteiger partial charge in [-0.05, 0) is 43.9 Å². The van der Waals surface area contributed by atoms with Gasteiger partial charge in [0.05, 0.1) is 47.9 Å². The smallest absolute Gasteiger partial charge is 0.395 e. The summed E-state index contributed by atoms with van der Waals surface area (Å²) in [5, 5.41) is 14.8. The number of amides is 1. The molecule has 3 aliphatic heterocycles. The number of fused-ring (bicyclic) bond motifs is 8. The summed E-state index contributed by atoms with van der Waals surface area (Å²) < 4.78 is 75.4. The van der Waals surface area contributed by atoms with Crippen LogP contribution in [0.25, 0.3) is 0 Å². The van der Waals surface area contributed by atoms with Gasteiger partial charge < -0.3 is 25.4 Å². The summed E-state index contributed by atoms with van der Waals surface area (Å²) in [5.41, 5.74) is -0.969. The fourth-order valence-electron chi connectivity index (χ4n) is 4.76. The van der Waals surface area contributed by atoms with Crippen LogP contribution in [-0.2, 0) is 14.8 Å². The Bertz CT molecular complexity index is 1330. The zero-order valence-electron chi connectivity index (χ0n) is 22.2. The third-order valence-corrected chi connectivity index (χ3v) is 8.29. The fourth-order valence-corrected chi connectivity index (χ4v) is 5.59. The van der Waals surface area contributed by atoms with Crippen molar-refractivity contribution >= 4 is 39.1 Å². The van der Waals surface area contributed by atoms with Crippen LogP contribution in [0.2, 0.25) is 0 Å². The molecule has 0 spiro atoms. The number of benzene rings is 1. The normalized spacial score (nSPS) is 22.6. The van der Waals surface area contributed by atoms with Gasteiger partial charge in [-0.25, -0.2) is 13.4 Å². The number of nitrogens with zero attached hydrogens (tertiary/aromatic N) is 3. The second-order valence-electron chi connectivity index (χ2n) is 10.3. The summed E-state index contributed by atoms with van der Waals surface area (Å²) in [6, 6.07) is 5.78. The molecule has 4 bridgehead atoms. The number of anilines is 4. The van der Waals surface area contributed by atoms with Gasteiger partial charge in [-0.2, -0.15) is 18.2 Å². The molecule has 1 aromatic heterocycles. The second-order valence-corrected chi connectivity index (χ2v) is 12.2. The van der Waals surface area contributed by atoms with Crippen molar-refractivity contribution in [1.29, 1.82) is 0 Å². The molecule has 15 heteroatoms. The van der Waals surface area contributed by atoms with Crippen LogP contribution in [0.1, 0.15) is 35.8 Å². The van der Waals surface area contributed by atoms with Gasteiger partial charge >= 0.3 is 6.18 Å². The zero-order chi connectivity index (χ0) is 29.1. The van der Waals surface area contributed by atoms with E-state index in [1.54, 1.807) is 17.9 Å². The van der Waals surface area contributed by atoms with Gasteiger partial charge in [0.1, 0.15) is 5.82 Å². The number of aromatic nitrogens is 2. The number of rotatable bonds is 4. The molecular formula is C25H33F3N6O5S. The summed E-state index contributed by atoms with van der Waals surface area (Å²) in [6.07, 6.45) is -5.04. The van der Waals surface area contributed by atoms with Gasteiger partial charge in [0.25, 0.3) is 5.91 Å². The van der Waals surface area contributed by atoms with Crippen LogP contribution in [-0.4, -0.2) is 80.8 Å². The second kappa shape index (κ2) is 11.7. The SMILES string of the molecule is Cc1cc2nc(n1)NCC(C)COCC1(C(F)(F)F)CCN(CC1)c1cc(NS(=O)(=O)CCO)ccc1C(=O)N2. The van der Waals surface area contributed by atoms with Gasteiger partial charge in [-0.3, -0.25) is 9.52 Å². The molecule has 40 heavy (non-hydrogen) atoms. The van der Waals surface area contributed by atoms with Gasteiger partial charge in [0.15, 0.2) is 0 Å². The summed E-state index contributed by atoms with van der Waals surface area (Å²) in [4.78, 5) is 23.7. The average molecular weight is 587 g/mol. The first-order chi connectivity index (χ1) is 18.8.